The van der Waals surface area contributed by atoms with Gasteiger partial charge in [0.25, 0.3) is 0 Å². The zero-order chi connectivity index (χ0) is 13.0. The van der Waals surface area contributed by atoms with Crippen LogP contribution >= 0.6 is 0 Å². The molecule has 6 heteroatoms. The highest BCUT2D eigenvalue weighted by atomic mass is 16.5. The van der Waals surface area contributed by atoms with Gasteiger partial charge in [0.05, 0.1) is 11.8 Å². The summed E-state index contributed by atoms with van der Waals surface area (Å²) in [6.07, 6.45) is 4.86. The average Bonchev–Trinajstić information content (AvgIpc) is 2.39. The maximum Gasteiger partial charge on any atom is 0.337 e. The van der Waals surface area contributed by atoms with Crippen molar-refractivity contribution in [3.05, 3.63) is 42.1 Å². The Kier molecular flexibility index (Phi) is 3.47. The fourth-order valence-corrected chi connectivity index (χ4v) is 1.34. The van der Waals surface area contributed by atoms with Gasteiger partial charge in [-0.2, -0.15) is 0 Å². The van der Waals surface area contributed by atoms with Crippen LogP contribution in [-0.2, 0) is 6.42 Å². The number of ether oxygens (including phenoxy) is 1. The number of carboxylic acids is 1. The standard InChI is InChI=1S/C12H11N3O3/c1-2-9-4-11(15-7-14-9)18-10-3-8(12(16)17)5-13-6-10/h3-7H,2H2,1H3,(H,16,17). The van der Waals surface area contributed by atoms with Gasteiger partial charge in [0.15, 0.2) is 0 Å². The summed E-state index contributed by atoms with van der Waals surface area (Å²) in [5.74, 6) is -0.355. The van der Waals surface area contributed by atoms with Crippen LogP contribution in [0.5, 0.6) is 11.6 Å². The van der Waals surface area contributed by atoms with Gasteiger partial charge in [-0.15, -0.1) is 0 Å². The zero-order valence-corrected chi connectivity index (χ0v) is 9.70. The quantitative estimate of drug-likeness (QED) is 0.885. The number of hydrogen-bond donors (Lipinski definition) is 1. The van der Waals surface area contributed by atoms with Crippen molar-refractivity contribution in [3.63, 3.8) is 0 Å². The molecule has 0 aliphatic heterocycles. The number of aryl methyl sites for hydroxylation is 1. The van der Waals surface area contributed by atoms with E-state index in [9.17, 15) is 4.79 Å². The van der Waals surface area contributed by atoms with Gasteiger partial charge in [-0.1, -0.05) is 6.92 Å². The second kappa shape index (κ2) is 5.22. The molecule has 0 saturated carbocycles. The summed E-state index contributed by atoms with van der Waals surface area (Å²) in [7, 11) is 0. The molecule has 0 amide bonds. The summed E-state index contributed by atoms with van der Waals surface area (Å²) >= 11 is 0. The van der Waals surface area contributed by atoms with Crippen LogP contribution in [0, 0.1) is 0 Å². The average molecular weight is 245 g/mol. The summed E-state index contributed by atoms with van der Waals surface area (Å²) in [5.41, 5.74) is 0.916. The molecule has 0 aliphatic carbocycles. The van der Waals surface area contributed by atoms with Crippen molar-refractivity contribution in [2.75, 3.05) is 0 Å². The van der Waals surface area contributed by atoms with E-state index >= 15 is 0 Å². The lowest BCUT2D eigenvalue weighted by atomic mass is 10.3. The van der Waals surface area contributed by atoms with Crippen LogP contribution in [0.3, 0.4) is 0 Å². The van der Waals surface area contributed by atoms with Gasteiger partial charge in [-0.3, -0.25) is 4.98 Å². The third-order valence-corrected chi connectivity index (χ3v) is 2.24. The predicted octanol–water partition coefficient (Wildman–Crippen LogP) is 1.92. The number of aromatic carboxylic acids is 1. The normalized spacial score (nSPS) is 10.1. The number of hydrogen-bond acceptors (Lipinski definition) is 5. The number of rotatable bonds is 4. The zero-order valence-electron chi connectivity index (χ0n) is 9.70. The number of aromatic nitrogens is 3. The first kappa shape index (κ1) is 12.0. The molecule has 0 atom stereocenters. The number of nitrogens with zero attached hydrogens (tertiary/aromatic N) is 3. The lowest BCUT2D eigenvalue weighted by molar-refractivity contribution is 0.0696. The van der Waals surface area contributed by atoms with E-state index in [4.69, 9.17) is 9.84 Å². The van der Waals surface area contributed by atoms with Crippen molar-refractivity contribution in [2.24, 2.45) is 0 Å². The highest BCUT2D eigenvalue weighted by Gasteiger charge is 2.06. The first-order chi connectivity index (χ1) is 8.69. The molecular weight excluding hydrogens is 234 g/mol. The third-order valence-electron chi connectivity index (χ3n) is 2.24. The van der Waals surface area contributed by atoms with E-state index in [1.807, 2.05) is 6.92 Å². The molecular formula is C12H11N3O3. The summed E-state index contributed by atoms with van der Waals surface area (Å²) in [5, 5.41) is 8.84. The highest BCUT2D eigenvalue weighted by Crippen LogP contribution is 2.19. The smallest absolute Gasteiger partial charge is 0.337 e. The van der Waals surface area contributed by atoms with Crippen molar-refractivity contribution in [2.45, 2.75) is 13.3 Å². The van der Waals surface area contributed by atoms with Crippen LogP contribution in [0.25, 0.3) is 0 Å². The van der Waals surface area contributed by atoms with Crippen LogP contribution in [0.15, 0.2) is 30.9 Å². The molecule has 92 valence electrons. The highest BCUT2D eigenvalue weighted by molar-refractivity contribution is 5.87. The van der Waals surface area contributed by atoms with E-state index in [0.29, 0.717) is 11.6 Å². The van der Waals surface area contributed by atoms with Gasteiger partial charge in [-0.05, 0) is 12.5 Å². The van der Waals surface area contributed by atoms with Gasteiger partial charge in [0.1, 0.15) is 12.1 Å². The number of carbonyl (C=O) groups is 1. The Morgan fingerprint density at radius 1 is 1.33 bits per heavy atom. The minimum Gasteiger partial charge on any atom is -0.478 e. The Labute approximate surface area is 103 Å². The van der Waals surface area contributed by atoms with Crippen molar-refractivity contribution in [1.82, 2.24) is 15.0 Å². The maximum absolute atomic E-state index is 10.8. The maximum atomic E-state index is 10.8. The molecule has 1 N–H and O–H groups in total. The van der Waals surface area contributed by atoms with Crippen molar-refractivity contribution in [1.29, 1.82) is 0 Å². The summed E-state index contributed by atoms with van der Waals surface area (Å²) in [6.45, 7) is 1.97. The Balaban J connectivity index is 2.22. The molecule has 0 aromatic carbocycles. The second-order valence-corrected chi connectivity index (χ2v) is 3.52. The van der Waals surface area contributed by atoms with Crippen LogP contribution in [0.1, 0.15) is 23.0 Å². The molecule has 0 aliphatic rings. The van der Waals surface area contributed by atoms with Crippen LogP contribution in [0.4, 0.5) is 0 Å². The molecule has 0 unspecified atom stereocenters. The van der Waals surface area contributed by atoms with Crippen LogP contribution in [0.2, 0.25) is 0 Å². The number of carboxylic acid groups (broad SMARTS) is 1. The summed E-state index contributed by atoms with van der Waals surface area (Å²) < 4.78 is 5.43. The first-order valence-electron chi connectivity index (χ1n) is 5.36. The molecule has 0 spiro atoms. The van der Waals surface area contributed by atoms with Gasteiger partial charge in [0.2, 0.25) is 5.88 Å². The van der Waals surface area contributed by atoms with E-state index in [1.165, 1.54) is 24.8 Å². The SMILES string of the molecule is CCc1cc(Oc2cncc(C(=O)O)c2)ncn1. The fraction of sp³-hybridized carbons (Fsp3) is 0.167. The molecule has 6 nitrogen and oxygen atoms in total. The lowest BCUT2D eigenvalue weighted by Crippen LogP contribution is -1.98. The van der Waals surface area contributed by atoms with Crippen LogP contribution < -0.4 is 4.74 Å². The molecule has 2 heterocycles. The monoisotopic (exact) mass is 245 g/mol. The molecule has 2 aromatic rings. The summed E-state index contributed by atoms with van der Waals surface area (Å²) in [4.78, 5) is 22.6. The molecule has 0 saturated heterocycles. The van der Waals surface area contributed by atoms with Gasteiger partial charge in [-0.25, -0.2) is 14.8 Å². The van der Waals surface area contributed by atoms with E-state index < -0.39 is 5.97 Å². The largest absolute Gasteiger partial charge is 0.478 e. The van der Waals surface area contributed by atoms with Gasteiger partial charge >= 0.3 is 5.97 Å². The predicted molar refractivity (Wildman–Crippen MR) is 62.7 cm³/mol. The lowest BCUT2D eigenvalue weighted by Gasteiger charge is -2.05. The van der Waals surface area contributed by atoms with Crippen molar-refractivity contribution < 1.29 is 14.6 Å². The number of pyridine rings is 1. The topological polar surface area (TPSA) is 85.2 Å². The first-order valence-corrected chi connectivity index (χ1v) is 5.36. The molecule has 0 fully saturated rings. The molecule has 0 radical (unpaired) electrons. The van der Waals surface area contributed by atoms with Gasteiger partial charge < -0.3 is 9.84 Å². The van der Waals surface area contributed by atoms with E-state index in [1.54, 1.807) is 6.07 Å². The van der Waals surface area contributed by atoms with Crippen molar-refractivity contribution in [3.8, 4) is 11.6 Å². The molecule has 2 aromatic heterocycles. The van der Waals surface area contributed by atoms with Gasteiger partial charge in [0, 0.05) is 18.0 Å². The Morgan fingerprint density at radius 2 is 2.17 bits per heavy atom. The Morgan fingerprint density at radius 3 is 2.89 bits per heavy atom. The van der Waals surface area contributed by atoms with Crippen LogP contribution in [-0.4, -0.2) is 26.0 Å². The second-order valence-electron chi connectivity index (χ2n) is 3.52. The van der Waals surface area contributed by atoms with Crippen molar-refractivity contribution >= 4 is 5.97 Å². The third kappa shape index (κ3) is 2.79. The Hall–Kier alpha value is -2.50. The summed E-state index contributed by atoms with van der Waals surface area (Å²) in [6, 6.07) is 3.09. The van der Waals surface area contributed by atoms with E-state index in [-0.39, 0.29) is 5.56 Å². The van der Waals surface area contributed by atoms with E-state index in [2.05, 4.69) is 15.0 Å². The Bertz CT molecular complexity index is 572. The molecule has 18 heavy (non-hydrogen) atoms. The van der Waals surface area contributed by atoms with E-state index in [0.717, 1.165) is 12.1 Å². The molecule has 2 rings (SSSR count). The fourth-order valence-electron chi connectivity index (χ4n) is 1.34. The minimum absolute atomic E-state index is 0.0669. The molecule has 0 bridgehead atoms. The minimum atomic E-state index is -1.05.